The van der Waals surface area contributed by atoms with Gasteiger partial charge in [-0.1, -0.05) is 0 Å². The zero-order chi connectivity index (χ0) is 11.1. The van der Waals surface area contributed by atoms with Crippen molar-refractivity contribution in [2.24, 2.45) is 0 Å². The Labute approximate surface area is 94.4 Å². The minimum atomic E-state index is 0.222. The Morgan fingerprint density at radius 3 is 2.19 bits per heavy atom. The predicted octanol–water partition coefficient (Wildman–Crippen LogP) is 0.992. The lowest BCUT2D eigenvalue weighted by Gasteiger charge is -2.37. The summed E-state index contributed by atoms with van der Waals surface area (Å²) < 4.78 is 0. The first-order valence-electron chi connectivity index (χ1n) is 5.90. The van der Waals surface area contributed by atoms with Crippen LogP contribution in [0, 0.1) is 0 Å². The molecule has 16 heavy (non-hydrogen) atoms. The summed E-state index contributed by atoms with van der Waals surface area (Å²) in [6, 6.07) is 1.20. The van der Waals surface area contributed by atoms with E-state index in [0.717, 1.165) is 25.7 Å². The fraction of sp³-hybridized carbons (Fsp3) is 0.727. The van der Waals surface area contributed by atoms with Crippen molar-refractivity contribution >= 4 is 5.91 Å². The lowest BCUT2D eigenvalue weighted by atomic mass is 9.98. The molecule has 0 saturated carbocycles. The van der Waals surface area contributed by atoms with Crippen LogP contribution in [0.15, 0.2) is 12.4 Å². The minimum absolute atomic E-state index is 0.222. The number of aromatic nitrogens is 3. The van der Waals surface area contributed by atoms with Crippen molar-refractivity contribution in [3.63, 3.8) is 0 Å². The molecule has 2 saturated heterocycles. The maximum atomic E-state index is 11.5. The number of piperidine rings is 1. The van der Waals surface area contributed by atoms with Crippen LogP contribution in [0.3, 0.4) is 0 Å². The molecule has 86 valence electrons. The molecule has 2 bridgehead atoms. The molecule has 0 radical (unpaired) electrons. The molecule has 5 nitrogen and oxygen atoms in total. The van der Waals surface area contributed by atoms with Crippen LogP contribution < -0.4 is 0 Å². The first-order valence-corrected chi connectivity index (χ1v) is 5.90. The lowest BCUT2D eigenvalue weighted by molar-refractivity contribution is -0.133. The number of carbonyl (C=O) groups is 1. The first kappa shape index (κ1) is 9.81. The van der Waals surface area contributed by atoms with Gasteiger partial charge in [-0.15, -0.1) is 0 Å². The van der Waals surface area contributed by atoms with Crippen LogP contribution in [-0.4, -0.2) is 37.9 Å². The van der Waals surface area contributed by atoms with Crippen LogP contribution in [-0.2, 0) is 4.79 Å². The second-order valence-corrected chi connectivity index (χ2v) is 4.79. The molecule has 3 heterocycles. The van der Waals surface area contributed by atoms with Crippen molar-refractivity contribution in [1.82, 2.24) is 19.9 Å². The number of fused-ring (bicyclic) bond motifs is 2. The molecule has 1 aromatic heterocycles. The molecule has 0 aliphatic carbocycles. The molecule has 1 amide bonds. The predicted molar refractivity (Wildman–Crippen MR) is 57.6 cm³/mol. The Balaban J connectivity index is 1.80. The molecule has 2 aliphatic rings. The maximum absolute atomic E-state index is 11.5. The summed E-state index contributed by atoms with van der Waals surface area (Å²) in [5.74, 6) is 0.222. The van der Waals surface area contributed by atoms with Crippen molar-refractivity contribution < 1.29 is 4.79 Å². The van der Waals surface area contributed by atoms with Crippen LogP contribution in [0.2, 0.25) is 0 Å². The van der Waals surface area contributed by atoms with Crippen molar-refractivity contribution in [1.29, 1.82) is 0 Å². The number of hydrogen-bond acceptors (Lipinski definition) is 3. The topological polar surface area (TPSA) is 51.0 Å². The van der Waals surface area contributed by atoms with Gasteiger partial charge in [0.25, 0.3) is 0 Å². The quantitative estimate of drug-likeness (QED) is 0.709. The highest BCUT2D eigenvalue weighted by atomic mass is 16.2. The molecule has 0 aromatic carbocycles. The first-order chi connectivity index (χ1) is 7.75. The number of rotatable bonds is 1. The van der Waals surface area contributed by atoms with Gasteiger partial charge in [0, 0.05) is 19.0 Å². The van der Waals surface area contributed by atoms with E-state index < -0.39 is 0 Å². The fourth-order valence-electron chi connectivity index (χ4n) is 3.27. The third kappa shape index (κ3) is 1.42. The van der Waals surface area contributed by atoms with Gasteiger partial charge >= 0.3 is 0 Å². The maximum Gasteiger partial charge on any atom is 0.219 e. The molecule has 2 unspecified atom stereocenters. The van der Waals surface area contributed by atoms with Crippen molar-refractivity contribution in [2.45, 2.75) is 50.7 Å². The number of amides is 1. The summed E-state index contributed by atoms with van der Waals surface area (Å²) in [4.78, 5) is 15.4. The Bertz CT molecular complexity index is 375. The Morgan fingerprint density at radius 2 is 1.69 bits per heavy atom. The van der Waals surface area contributed by atoms with Gasteiger partial charge in [0.15, 0.2) is 0 Å². The summed E-state index contributed by atoms with van der Waals surface area (Å²) in [6.45, 7) is 1.68. The normalized spacial score (nSPS) is 33.1. The summed E-state index contributed by atoms with van der Waals surface area (Å²) >= 11 is 0. The van der Waals surface area contributed by atoms with Gasteiger partial charge < -0.3 is 4.90 Å². The van der Waals surface area contributed by atoms with Gasteiger partial charge in [-0.05, 0) is 25.7 Å². The molecule has 2 aliphatic heterocycles. The highest BCUT2D eigenvalue weighted by Gasteiger charge is 2.42. The third-order valence-electron chi connectivity index (χ3n) is 3.84. The molecule has 3 rings (SSSR count). The van der Waals surface area contributed by atoms with Crippen LogP contribution in [0.25, 0.3) is 0 Å². The van der Waals surface area contributed by atoms with E-state index in [1.165, 1.54) is 0 Å². The van der Waals surface area contributed by atoms with Gasteiger partial charge in [-0.3, -0.25) is 4.79 Å². The molecule has 2 atom stereocenters. The van der Waals surface area contributed by atoms with E-state index in [2.05, 4.69) is 15.1 Å². The second kappa shape index (κ2) is 3.57. The number of carbonyl (C=O) groups excluding carboxylic acids is 1. The average molecular weight is 220 g/mol. The van der Waals surface area contributed by atoms with Crippen LogP contribution in [0.4, 0.5) is 0 Å². The van der Waals surface area contributed by atoms with Gasteiger partial charge in [-0.2, -0.15) is 15.0 Å². The summed E-state index contributed by atoms with van der Waals surface area (Å²) in [5.41, 5.74) is 0. The molecular formula is C11H16N4O. The number of hydrogen-bond donors (Lipinski definition) is 0. The molecular weight excluding hydrogens is 204 g/mol. The molecule has 0 N–H and O–H groups in total. The smallest absolute Gasteiger partial charge is 0.219 e. The Morgan fingerprint density at radius 1 is 1.12 bits per heavy atom. The fourth-order valence-corrected chi connectivity index (χ4v) is 3.27. The largest absolute Gasteiger partial charge is 0.337 e. The van der Waals surface area contributed by atoms with E-state index in [4.69, 9.17) is 0 Å². The monoisotopic (exact) mass is 220 g/mol. The van der Waals surface area contributed by atoms with Crippen molar-refractivity contribution in [2.75, 3.05) is 0 Å². The Hall–Kier alpha value is -1.39. The summed E-state index contributed by atoms with van der Waals surface area (Å²) in [5, 5.41) is 8.42. The van der Waals surface area contributed by atoms with E-state index in [1.807, 2.05) is 4.80 Å². The van der Waals surface area contributed by atoms with E-state index in [-0.39, 0.29) is 5.91 Å². The van der Waals surface area contributed by atoms with E-state index in [1.54, 1.807) is 19.3 Å². The van der Waals surface area contributed by atoms with Gasteiger partial charge in [0.1, 0.15) is 0 Å². The standard InChI is InChI=1S/C11H16N4O/c1-8(16)14-9-2-3-10(14)7-11(6-9)15-12-4-5-13-15/h4-5,9-11H,2-3,6-7H2,1H3. The molecule has 1 aromatic rings. The van der Waals surface area contributed by atoms with Crippen LogP contribution in [0.5, 0.6) is 0 Å². The zero-order valence-corrected chi connectivity index (χ0v) is 9.41. The SMILES string of the molecule is CC(=O)N1C2CCC1CC(n1nccn1)C2. The third-order valence-corrected chi connectivity index (χ3v) is 3.84. The minimum Gasteiger partial charge on any atom is -0.337 e. The van der Waals surface area contributed by atoms with Gasteiger partial charge in [-0.25, -0.2) is 0 Å². The Kier molecular flexibility index (Phi) is 2.19. The molecule has 5 heteroatoms. The highest BCUT2D eigenvalue weighted by molar-refractivity contribution is 5.74. The number of nitrogens with zero attached hydrogens (tertiary/aromatic N) is 4. The van der Waals surface area contributed by atoms with Crippen LogP contribution >= 0.6 is 0 Å². The highest BCUT2D eigenvalue weighted by Crippen LogP contribution is 2.40. The summed E-state index contributed by atoms with van der Waals surface area (Å²) in [7, 11) is 0. The zero-order valence-electron chi connectivity index (χ0n) is 9.41. The average Bonchev–Trinajstić information content (AvgIpc) is 2.85. The van der Waals surface area contributed by atoms with Crippen molar-refractivity contribution in [3.8, 4) is 0 Å². The summed E-state index contributed by atoms with van der Waals surface area (Å²) in [6.07, 6.45) is 7.73. The lowest BCUT2D eigenvalue weighted by Crippen LogP contribution is -2.46. The van der Waals surface area contributed by atoms with Gasteiger partial charge in [0.2, 0.25) is 5.91 Å². The second-order valence-electron chi connectivity index (χ2n) is 4.79. The van der Waals surface area contributed by atoms with E-state index in [0.29, 0.717) is 18.1 Å². The van der Waals surface area contributed by atoms with E-state index >= 15 is 0 Å². The van der Waals surface area contributed by atoms with E-state index in [9.17, 15) is 4.79 Å². The van der Waals surface area contributed by atoms with Crippen LogP contribution in [0.1, 0.15) is 38.6 Å². The molecule has 2 fully saturated rings. The van der Waals surface area contributed by atoms with Crippen molar-refractivity contribution in [3.05, 3.63) is 12.4 Å². The molecule has 0 spiro atoms. The van der Waals surface area contributed by atoms with Gasteiger partial charge in [0.05, 0.1) is 18.4 Å².